The molecule has 3 saturated carbocycles. The summed E-state index contributed by atoms with van der Waals surface area (Å²) in [5, 5.41) is 39.1. The van der Waals surface area contributed by atoms with Gasteiger partial charge < -0.3 is 65.4 Å². The number of rotatable bonds is 22. The van der Waals surface area contributed by atoms with Crippen molar-refractivity contribution in [3.05, 3.63) is 146 Å². The first kappa shape index (κ1) is 71.0. The van der Waals surface area contributed by atoms with Crippen molar-refractivity contribution in [2.75, 3.05) is 39.6 Å². The number of phenolic OH excluding ortho intramolecular Hbond substituents is 1. The van der Waals surface area contributed by atoms with Crippen LogP contribution in [-0.4, -0.2) is 127 Å². The number of phenols is 1. The number of halogens is 5. The SMILES string of the molecule is NC1CCC(NC(=O)COc2ccc(Cl)cc2)CC1.O=C(COc1ccc(Cl)cc1)NC1CCC(CC(=O)C2CO2)CC1.O=C(COc1ccc(Cl)cc1)NC1CCC(CCC(O)COc2ccc(Cl)cc2)CC1.O=C(O)C1CO1.Oc1ccc(Cl)cc1. The Labute approximate surface area is 539 Å². The second-order valence-corrected chi connectivity index (χ2v) is 24.3. The fourth-order valence-corrected chi connectivity index (χ4v) is 10.4. The molecule has 5 aromatic carbocycles. The van der Waals surface area contributed by atoms with Crippen molar-refractivity contribution in [2.24, 2.45) is 17.6 Å². The molecule has 5 fully saturated rings. The summed E-state index contributed by atoms with van der Waals surface area (Å²) < 4.78 is 31.3. The molecule has 18 nitrogen and oxygen atoms in total. The highest BCUT2D eigenvalue weighted by Crippen LogP contribution is 2.31. The maximum absolute atomic E-state index is 12.1. The van der Waals surface area contributed by atoms with Crippen LogP contribution in [0.5, 0.6) is 28.7 Å². The van der Waals surface area contributed by atoms with Gasteiger partial charge in [0.05, 0.1) is 19.3 Å². The number of carbonyl (C=O) groups is 5. The number of aliphatic hydroxyl groups is 1. The van der Waals surface area contributed by atoms with Gasteiger partial charge in [0.1, 0.15) is 41.5 Å². The largest absolute Gasteiger partial charge is 0.508 e. The van der Waals surface area contributed by atoms with Crippen molar-refractivity contribution in [1.82, 2.24) is 16.0 Å². The van der Waals surface area contributed by atoms with Crippen LogP contribution in [0.3, 0.4) is 0 Å². The van der Waals surface area contributed by atoms with Crippen molar-refractivity contribution >= 4 is 87.5 Å². The Balaban J connectivity index is 0.000000192. The number of aliphatic carboxylic acids is 1. The Morgan fingerprint density at radius 1 is 0.477 bits per heavy atom. The summed E-state index contributed by atoms with van der Waals surface area (Å²) in [6, 6.07) is 35.2. The third kappa shape index (κ3) is 30.0. The highest BCUT2D eigenvalue weighted by molar-refractivity contribution is 6.31. The predicted octanol–water partition coefficient (Wildman–Crippen LogP) is 11.6. The van der Waals surface area contributed by atoms with Crippen LogP contribution in [0.2, 0.25) is 25.1 Å². The van der Waals surface area contributed by atoms with E-state index < -0.39 is 18.2 Å². The number of carboxylic acids is 1. The van der Waals surface area contributed by atoms with Gasteiger partial charge in [-0.25, -0.2) is 4.79 Å². The number of epoxide rings is 2. The molecule has 2 heterocycles. The molecular formula is C65H79Cl5N4O14. The van der Waals surface area contributed by atoms with E-state index in [-0.39, 0.29) is 79.9 Å². The lowest BCUT2D eigenvalue weighted by atomic mass is 9.83. The average molecular weight is 1320 g/mol. The lowest BCUT2D eigenvalue weighted by Gasteiger charge is -2.29. The topological polar surface area (TPSA) is 270 Å². The van der Waals surface area contributed by atoms with Crippen molar-refractivity contribution in [3.8, 4) is 28.7 Å². The molecule has 0 spiro atoms. The van der Waals surface area contributed by atoms with Gasteiger partial charge in [-0.15, -0.1) is 0 Å². The molecule has 3 unspecified atom stereocenters. The third-order valence-corrected chi connectivity index (χ3v) is 16.2. The summed E-state index contributed by atoms with van der Waals surface area (Å²) >= 11 is 28.8. The molecule has 5 aliphatic rings. The van der Waals surface area contributed by atoms with Crippen LogP contribution in [0.25, 0.3) is 0 Å². The first-order valence-corrected chi connectivity index (χ1v) is 31.5. The molecular weight excluding hydrogens is 1240 g/mol. The van der Waals surface area contributed by atoms with Gasteiger partial charge in [0.2, 0.25) is 0 Å². The van der Waals surface area contributed by atoms with E-state index in [4.69, 9.17) is 97.6 Å². The number of nitrogens with one attached hydrogen (secondary N) is 3. The lowest BCUT2D eigenvalue weighted by Crippen LogP contribution is -2.42. The van der Waals surface area contributed by atoms with Crippen LogP contribution in [0.4, 0.5) is 0 Å². The highest BCUT2D eigenvalue weighted by Gasteiger charge is 2.34. The van der Waals surface area contributed by atoms with Crippen molar-refractivity contribution in [3.63, 3.8) is 0 Å². The number of aromatic hydroxyl groups is 1. The second-order valence-electron chi connectivity index (χ2n) is 22.1. The third-order valence-electron chi connectivity index (χ3n) is 14.9. The van der Waals surface area contributed by atoms with Crippen LogP contribution in [0.1, 0.15) is 96.3 Å². The van der Waals surface area contributed by atoms with E-state index in [9.17, 15) is 29.1 Å². The zero-order valence-corrected chi connectivity index (χ0v) is 52.7. The van der Waals surface area contributed by atoms with E-state index in [0.29, 0.717) is 92.0 Å². The van der Waals surface area contributed by atoms with Crippen LogP contribution in [0.15, 0.2) is 121 Å². The van der Waals surface area contributed by atoms with Gasteiger partial charge in [-0.2, -0.15) is 0 Å². The summed E-state index contributed by atoms with van der Waals surface area (Å²) in [6.07, 6.45) is 12.8. The molecule has 3 amide bonds. The molecule has 2 aliphatic heterocycles. The second kappa shape index (κ2) is 38.5. The molecule has 0 aromatic heterocycles. The summed E-state index contributed by atoms with van der Waals surface area (Å²) in [5.41, 5.74) is 5.83. The molecule has 88 heavy (non-hydrogen) atoms. The number of amides is 3. The van der Waals surface area contributed by atoms with Gasteiger partial charge in [0.15, 0.2) is 31.7 Å². The number of carboxylic acid groups (broad SMARTS) is 1. The molecule has 3 atom stereocenters. The molecule has 23 heteroatoms. The Morgan fingerprint density at radius 2 is 0.795 bits per heavy atom. The smallest absolute Gasteiger partial charge is 0.335 e. The number of hydrogen-bond acceptors (Lipinski definition) is 14. The molecule has 8 N–H and O–H groups in total. The molecule has 10 rings (SSSR count). The standard InChI is InChI=1S/C24H29Cl2NO4.C18H22ClNO4.C14H19ClN2O2.C6H5ClO.C3H4O3/c25-18-4-11-22(12-5-18)30-15-21(28)10-3-17-1-8-20(9-2-17)27-24(29)16-31-23-13-6-19(26)7-14-23;19-13-3-7-15(8-4-13)23-11-18(22)20-14-5-1-12(2-6-14)9-16(21)17-10-24-17;15-10-1-7-13(8-2-10)19-9-14(18)17-12-5-3-11(16)4-6-12;7-5-1-3-6(8)4-2-5;4-3(5)2-1-6-2/h4-7,11-14,17,20-21,28H,1-3,8-10,15-16H2,(H,27,29);3-4,7-8,12,14,17H,1-2,5-6,9-11H2,(H,20,22);1-2,7-8,11-12H,3-6,9,16H2,(H,17,18);1-4,8H;2H,1H2,(H,4,5). The number of Topliss-reactive ketones (excluding diaryl/α,β-unsaturated/α-hetero) is 1. The van der Waals surface area contributed by atoms with E-state index in [2.05, 4.69) is 20.7 Å². The number of hydrogen-bond donors (Lipinski definition) is 7. The summed E-state index contributed by atoms with van der Waals surface area (Å²) in [4.78, 5) is 57.2. The van der Waals surface area contributed by atoms with E-state index in [1.54, 1.807) is 121 Å². The lowest BCUT2D eigenvalue weighted by molar-refractivity contribution is -0.138. The molecule has 0 bridgehead atoms. The number of nitrogens with two attached hydrogens (primary N) is 1. The molecule has 0 radical (unpaired) electrons. The predicted molar refractivity (Wildman–Crippen MR) is 339 cm³/mol. The number of carbonyl (C=O) groups excluding carboxylic acids is 4. The Hall–Kier alpha value is -6.06. The fraction of sp³-hybridized carbons (Fsp3) is 0.462. The first-order chi connectivity index (χ1) is 42.3. The van der Waals surface area contributed by atoms with Crippen molar-refractivity contribution in [1.29, 1.82) is 0 Å². The quantitative estimate of drug-likeness (QED) is 0.0318. The van der Waals surface area contributed by atoms with Gasteiger partial charge in [-0.05, 0) is 223 Å². The number of aliphatic hydroxyl groups excluding tert-OH is 1. The summed E-state index contributed by atoms with van der Waals surface area (Å²) in [5.74, 6) is 2.93. The number of ether oxygens (including phenoxy) is 6. The minimum atomic E-state index is -0.852. The zero-order valence-electron chi connectivity index (χ0n) is 48.9. The van der Waals surface area contributed by atoms with Crippen LogP contribution in [0, 0.1) is 11.8 Å². The maximum atomic E-state index is 12.1. The normalized spacial score (nSPS) is 21.7. The Bertz CT molecular complexity index is 2840. The van der Waals surface area contributed by atoms with E-state index in [1.807, 2.05) is 0 Å². The van der Waals surface area contributed by atoms with Crippen molar-refractivity contribution in [2.45, 2.75) is 139 Å². The highest BCUT2D eigenvalue weighted by atomic mass is 35.5. The Kier molecular flexibility index (Phi) is 31.1. The Morgan fingerprint density at radius 3 is 1.11 bits per heavy atom. The minimum absolute atomic E-state index is 0.000927. The summed E-state index contributed by atoms with van der Waals surface area (Å²) in [7, 11) is 0. The van der Waals surface area contributed by atoms with Gasteiger partial charge in [0, 0.05) is 55.7 Å². The van der Waals surface area contributed by atoms with E-state index in [1.165, 1.54) is 0 Å². The van der Waals surface area contributed by atoms with Gasteiger partial charge in [-0.1, -0.05) is 58.0 Å². The van der Waals surface area contributed by atoms with E-state index in [0.717, 1.165) is 83.5 Å². The number of ketones is 1. The maximum Gasteiger partial charge on any atom is 0.335 e. The van der Waals surface area contributed by atoms with Crippen LogP contribution >= 0.6 is 58.0 Å². The van der Waals surface area contributed by atoms with Crippen molar-refractivity contribution < 1.29 is 67.7 Å². The molecule has 5 aromatic rings. The van der Waals surface area contributed by atoms with Gasteiger partial charge in [0.25, 0.3) is 17.7 Å². The van der Waals surface area contributed by atoms with Gasteiger partial charge in [-0.3, -0.25) is 19.2 Å². The van der Waals surface area contributed by atoms with E-state index >= 15 is 0 Å². The molecule has 478 valence electrons. The van der Waals surface area contributed by atoms with Crippen LogP contribution < -0.4 is 40.6 Å². The summed E-state index contributed by atoms with van der Waals surface area (Å²) in [6.45, 7) is 1.30. The zero-order chi connectivity index (χ0) is 63.2. The fourth-order valence-electron chi connectivity index (χ4n) is 9.73. The number of benzene rings is 5. The monoisotopic (exact) mass is 1310 g/mol. The van der Waals surface area contributed by atoms with Gasteiger partial charge >= 0.3 is 5.97 Å². The minimum Gasteiger partial charge on any atom is -0.508 e. The molecule has 3 aliphatic carbocycles. The van der Waals surface area contributed by atoms with Crippen LogP contribution in [-0.2, 0) is 33.4 Å². The average Bonchev–Trinajstić information content (AvgIpc) is 4.55. The first-order valence-electron chi connectivity index (χ1n) is 29.6. The molecule has 2 saturated heterocycles.